The second kappa shape index (κ2) is 9.08. The van der Waals surface area contributed by atoms with Gasteiger partial charge in [0.15, 0.2) is 6.61 Å². The van der Waals surface area contributed by atoms with Crippen LogP contribution < -0.4 is 15.4 Å². The Bertz CT molecular complexity index is 552. The summed E-state index contributed by atoms with van der Waals surface area (Å²) in [6.45, 7) is 3.81. The first kappa shape index (κ1) is 18.9. The summed E-state index contributed by atoms with van der Waals surface area (Å²) in [4.78, 5) is 23.4. The van der Waals surface area contributed by atoms with E-state index in [1.165, 1.54) is 12.1 Å². The molecule has 0 saturated heterocycles. The normalized spacial score (nSPS) is 11.7. The number of rotatable bonds is 7. The maximum atomic E-state index is 11.7. The molecular weight excluding hydrogens is 351 g/mol. The van der Waals surface area contributed by atoms with Gasteiger partial charge in [0, 0.05) is 12.6 Å². The molecule has 0 saturated carbocycles. The van der Waals surface area contributed by atoms with E-state index in [2.05, 4.69) is 10.6 Å². The van der Waals surface area contributed by atoms with Crippen LogP contribution in [0.25, 0.3) is 0 Å². The van der Waals surface area contributed by atoms with Gasteiger partial charge in [0.2, 0.25) is 5.91 Å². The molecule has 0 aliphatic carbocycles. The molecule has 1 aromatic carbocycles. The molecule has 0 aliphatic rings. The van der Waals surface area contributed by atoms with Gasteiger partial charge in [0.1, 0.15) is 11.8 Å². The monoisotopic (exact) mass is 366 g/mol. The van der Waals surface area contributed by atoms with Crippen LogP contribution in [0.5, 0.6) is 5.75 Å². The van der Waals surface area contributed by atoms with Crippen molar-refractivity contribution in [1.82, 2.24) is 10.6 Å². The molecule has 1 rings (SSSR count). The van der Waals surface area contributed by atoms with E-state index >= 15 is 0 Å². The van der Waals surface area contributed by atoms with Crippen molar-refractivity contribution in [2.75, 3.05) is 13.2 Å². The Hall–Kier alpha value is -1.17. The van der Waals surface area contributed by atoms with Gasteiger partial charge in [-0.2, -0.15) is 0 Å². The topological polar surface area (TPSA) is 67.4 Å². The Morgan fingerprint density at radius 1 is 1.18 bits per heavy atom. The highest BCUT2D eigenvalue weighted by Gasteiger charge is 2.16. The molecule has 0 aliphatic heterocycles. The standard InChI is InChI=1S/C14H17Cl3N2O3/c1-3-4-18-14(21)8(2)19-13(20)7-22-12-6-10(16)9(15)5-11(12)17/h5-6,8H,3-4,7H2,1-2H3,(H,18,21)(H,19,20)/t8-/m1/s1. The molecule has 122 valence electrons. The number of hydrogen-bond donors (Lipinski definition) is 2. The van der Waals surface area contributed by atoms with E-state index in [1.54, 1.807) is 6.92 Å². The van der Waals surface area contributed by atoms with Crippen molar-refractivity contribution in [1.29, 1.82) is 0 Å². The summed E-state index contributed by atoms with van der Waals surface area (Å²) in [7, 11) is 0. The number of nitrogens with one attached hydrogen (secondary N) is 2. The second-order valence-corrected chi connectivity index (χ2v) is 5.79. The largest absolute Gasteiger partial charge is 0.482 e. The van der Waals surface area contributed by atoms with Gasteiger partial charge in [-0.15, -0.1) is 0 Å². The van der Waals surface area contributed by atoms with Crippen molar-refractivity contribution in [3.05, 3.63) is 27.2 Å². The Balaban J connectivity index is 2.49. The minimum Gasteiger partial charge on any atom is -0.482 e. The van der Waals surface area contributed by atoms with Gasteiger partial charge in [0.05, 0.1) is 15.1 Å². The van der Waals surface area contributed by atoms with E-state index in [9.17, 15) is 9.59 Å². The molecular formula is C14H17Cl3N2O3. The molecule has 0 aromatic heterocycles. The highest BCUT2D eigenvalue weighted by atomic mass is 35.5. The molecule has 5 nitrogen and oxygen atoms in total. The Labute approximate surface area is 144 Å². The van der Waals surface area contributed by atoms with Crippen molar-refractivity contribution >= 4 is 46.6 Å². The van der Waals surface area contributed by atoms with Crippen LogP contribution in [0.3, 0.4) is 0 Å². The van der Waals surface area contributed by atoms with Crippen LogP contribution in [-0.2, 0) is 9.59 Å². The first-order valence-corrected chi connectivity index (χ1v) is 7.83. The number of halogens is 3. The zero-order valence-corrected chi connectivity index (χ0v) is 14.5. The zero-order chi connectivity index (χ0) is 16.7. The summed E-state index contributed by atoms with van der Waals surface area (Å²) >= 11 is 17.6. The Morgan fingerprint density at radius 3 is 2.45 bits per heavy atom. The fourth-order valence-electron chi connectivity index (χ4n) is 1.51. The lowest BCUT2D eigenvalue weighted by atomic mass is 10.3. The third kappa shape index (κ3) is 5.91. The predicted octanol–water partition coefficient (Wildman–Crippen LogP) is 3.06. The van der Waals surface area contributed by atoms with Crippen LogP contribution >= 0.6 is 34.8 Å². The summed E-state index contributed by atoms with van der Waals surface area (Å²) < 4.78 is 5.28. The molecule has 0 bridgehead atoms. The number of amides is 2. The number of carbonyl (C=O) groups is 2. The van der Waals surface area contributed by atoms with Crippen molar-refractivity contribution in [3.63, 3.8) is 0 Å². The predicted molar refractivity (Wildman–Crippen MR) is 87.9 cm³/mol. The summed E-state index contributed by atoms with van der Waals surface area (Å²) in [6, 6.07) is 2.21. The molecule has 1 atom stereocenters. The van der Waals surface area contributed by atoms with Gasteiger partial charge in [-0.25, -0.2) is 0 Å². The smallest absolute Gasteiger partial charge is 0.258 e. The van der Waals surface area contributed by atoms with Crippen LogP contribution in [0.15, 0.2) is 12.1 Å². The number of hydrogen-bond acceptors (Lipinski definition) is 3. The van der Waals surface area contributed by atoms with Crippen molar-refractivity contribution in [3.8, 4) is 5.75 Å². The van der Waals surface area contributed by atoms with E-state index in [4.69, 9.17) is 39.5 Å². The van der Waals surface area contributed by atoms with Gasteiger partial charge in [-0.1, -0.05) is 41.7 Å². The van der Waals surface area contributed by atoms with E-state index in [0.717, 1.165) is 6.42 Å². The van der Waals surface area contributed by atoms with Crippen molar-refractivity contribution < 1.29 is 14.3 Å². The molecule has 0 heterocycles. The SMILES string of the molecule is CCCNC(=O)[C@@H](C)NC(=O)COc1cc(Cl)c(Cl)cc1Cl. The molecule has 8 heteroatoms. The average Bonchev–Trinajstić information content (AvgIpc) is 2.46. The Kier molecular flexibility index (Phi) is 7.79. The molecule has 2 amide bonds. The maximum absolute atomic E-state index is 11.7. The van der Waals surface area contributed by atoms with Gasteiger partial charge in [-0.05, 0) is 19.4 Å². The Morgan fingerprint density at radius 2 is 1.82 bits per heavy atom. The third-order valence-electron chi connectivity index (χ3n) is 2.65. The summed E-state index contributed by atoms with van der Waals surface area (Å²) in [5.74, 6) is -0.446. The maximum Gasteiger partial charge on any atom is 0.258 e. The lowest BCUT2D eigenvalue weighted by Crippen LogP contribution is -2.46. The number of ether oxygens (including phenoxy) is 1. The highest BCUT2D eigenvalue weighted by Crippen LogP contribution is 2.33. The van der Waals surface area contributed by atoms with Crippen LogP contribution in [-0.4, -0.2) is 31.0 Å². The minimum absolute atomic E-state index is 0.245. The van der Waals surface area contributed by atoms with Crippen LogP contribution in [0.4, 0.5) is 0 Å². The van der Waals surface area contributed by atoms with Gasteiger partial charge >= 0.3 is 0 Å². The molecule has 0 fully saturated rings. The van der Waals surface area contributed by atoms with Gasteiger partial charge < -0.3 is 15.4 Å². The number of carbonyl (C=O) groups excluding carboxylic acids is 2. The molecule has 0 radical (unpaired) electrons. The van der Waals surface area contributed by atoms with E-state index < -0.39 is 11.9 Å². The summed E-state index contributed by atoms with van der Waals surface area (Å²) in [5, 5.41) is 6.03. The molecule has 0 unspecified atom stereocenters. The molecule has 0 spiro atoms. The summed E-state index contributed by atoms with van der Waals surface area (Å²) in [5.41, 5.74) is 0. The van der Waals surface area contributed by atoms with Crippen molar-refractivity contribution in [2.45, 2.75) is 26.3 Å². The zero-order valence-electron chi connectivity index (χ0n) is 12.2. The third-order valence-corrected chi connectivity index (χ3v) is 3.67. The summed E-state index contributed by atoms with van der Waals surface area (Å²) in [6.07, 6.45) is 0.825. The average molecular weight is 368 g/mol. The fraction of sp³-hybridized carbons (Fsp3) is 0.429. The second-order valence-electron chi connectivity index (χ2n) is 4.57. The minimum atomic E-state index is -0.646. The lowest BCUT2D eigenvalue weighted by Gasteiger charge is -2.14. The first-order chi connectivity index (χ1) is 10.3. The van der Waals surface area contributed by atoms with E-state index in [0.29, 0.717) is 11.6 Å². The van der Waals surface area contributed by atoms with Crippen molar-refractivity contribution in [2.24, 2.45) is 0 Å². The van der Waals surface area contributed by atoms with Crippen LogP contribution in [0.2, 0.25) is 15.1 Å². The van der Waals surface area contributed by atoms with E-state index in [-0.39, 0.29) is 28.3 Å². The van der Waals surface area contributed by atoms with Crippen LogP contribution in [0, 0.1) is 0 Å². The molecule has 22 heavy (non-hydrogen) atoms. The number of benzene rings is 1. The first-order valence-electron chi connectivity index (χ1n) is 6.69. The van der Waals surface area contributed by atoms with Gasteiger partial charge in [0.25, 0.3) is 5.91 Å². The van der Waals surface area contributed by atoms with E-state index in [1.807, 2.05) is 6.92 Å². The quantitative estimate of drug-likeness (QED) is 0.728. The van der Waals surface area contributed by atoms with Crippen LogP contribution in [0.1, 0.15) is 20.3 Å². The molecule has 2 N–H and O–H groups in total. The fourth-order valence-corrected chi connectivity index (χ4v) is 2.10. The lowest BCUT2D eigenvalue weighted by molar-refractivity contribution is -0.129. The highest BCUT2D eigenvalue weighted by molar-refractivity contribution is 6.43. The van der Waals surface area contributed by atoms with Gasteiger partial charge in [-0.3, -0.25) is 9.59 Å². The molecule has 1 aromatic rings.